The molecule has 2 aromatic heterocycles. The van der Waals surface area contributed by atoms with Crippen LogP contribution in [0.4, 0.5) is 0 Å². The van der Waals surface area contributed by atoms with Crippen molar-refractivity contribution in [2.45, 2.75) is 13.1 Å². The van der Waals surface area contributed by atoms with Crippen LogP contribution in [0.25, 0.3) is 0 Å². The quantitative estimate of drug-likeness (QED) is 0.371. The van der Waals surface area contributed by atoms with Crippen molar-refractivity contribution in [2.24, 2.45) is 0 Å². The molecule has 15 heavy (non-hydrogen) atoms. The van der Waals surface area contributed by atoms with E-state index in [1.807, 2.05) is 12.1 Å². The minimum Gasteiger partial charge on any atom is -0.303 e. The average molecular weight is 236 g/mol. The van der Waals surface area contributed by atoms with Crippen LogP contribution in [0.1, 0.15) is 0 Å². The van der Waals surface area contributed by atoms with Crippen LogP contribution < -0.4 is 46.7 Å². The molecule has 2 heterocycles. The zero-order chi connectivity index (χ0) is 9.31. The van der Waals surface area contributed by atoms with Gasteiger partial charge in [-0.2, -0.15) is 21.1 Å². The minimum atomic E-state index is -1.38. The number of rotatable bonds is 2. The summed E-state index contributed by atoms with van der Waals surface area (Å²) in [5, 5.41) is 6.34. The van der Waals surface area contributed by atoms with Gasteiger partial charge in [-0.3, -0.25) is 0 Å². The molecule has 68 valence electrons. The minimum absolute atomic E-state index is 0. The Labute approximate surface area is 124 Å². The van der Waals surface area contributed by atoms with Crippen molar-refractivity contribution in [3.8, 4) is 0 Å². The summed E-state index contributed by atoms with van der Waals surface area (Å²) >= 11 is 3.52. The van der Waals surface area contributed by atoms with Crippen LogP contribution in [0.3, 0.4) is 0 Å². The third kappa shape index (κ3) is 3.38. The second kappa shape index (κ2) is 6.52. The van der Waals surface area contributed by atoms with Crippen LogP contribution in [0.15, 0.2) is 24.3 Å². The van der Waals surface area contributed by atoms with E-state index >= 15 is 0 Å². The van der Waals surface area contributed by atoms with E-state index in [4.69, 9.17) is 0 Å². The van der Waals surface area contributed by atoms with Gasteiger partial charge in [0.25, 0.3) is 0 Å². The molecule has 0 aliphatic carbocycles. The van der Waals surface area contributed by atoms with E-state index in [1.54, 1.807) is 22.7 Å². The van der Waals surface area contributed by atoms with Crippen molar-refractivity contribution in [1.29, 1.82) is 0 Å². The SMILES string of the molecule is C[Si](C)(c1cc[c-]s1)c1cc[c-]s1.[Li+].[Li+]. The third-order valence-corrected chi connectivity index (χ3v) is 9.87. The van der Waals surface area contributed by atoms with Crippen LogP contribution in [0, 0.1) is 10.8 Å². The van der Waals surface area contributed by atoms with Gasteiger partial charge in [0.15, 0.2) is 0 Å². The van der Waals surface area contributed by atoms with Crippen LogP contribution in [0.5, 0.6) is 0 Å². The van der Waals surface area contributed by atoms with Gasteiger partial charge in [-0.25, -0.2) is 12.1 Å². The number of thiophene rings is 2. The fourth-order valence-corrected chi connectivity index (χ4v) is 6.57. The molecule has 0 aliphatic rings. The summed E-state index contributed by atoms with van der Waals surface area (Å²) in [5.74, 6) is 0. The van der Waals surface area contributed by atoms with E-state index in [-0.39, 0.29) is 37.7 Å². The van der Waals surface area contributed by atoms with Gasteiger partial charge >= 0.3 is 37.7 Å². The molecule has 0 nitrogen and oxygen atoms in total. The summed E-state index contributed by atoms with van der Waals surface area (Å²) in [5.41, 5.74) is 0. The molecule has 0 fully saturated rings. The van der Waals surface area contributed by atoms with Crippen LogP contribution in [-0.4, -0.2) is 8.07 Å². The van der Waals surface area contributed by atoms with Crippen molar-refractivity contribution >= 4 is 39.7 Å². The Morgan fingerprint density at radius 1 is 0.933 bits per heavy atom. The molecule has 0 atom stereocenters. The summed E-state index contributed by atoms with van der Waals surface area (Å²) in [6.07, 6.45) is 0. The molecule has 0 bridgehead atoms. The molecule has 0 unspecified atom stereocenters. The molecule has 2 aromatic rings. The molecular weight excluding hydrogens is 226 g/mol. The normalized spacial score (nSPS) is 10.3. The average Bonchev–Trinajstić information content (AvgIpc) is 2.78. The number of hydrogen-bond donors (Lipinski definition) is 0. The number of hydrogen-bond acceptors (Lipinski definition) is 2. The van der Waals surface area contributed by atoms with E-state index in [0.29, 0.717) is 0 Å². The van der Waals surface area contributed by atoms with Crippen molar-refractivity contribution in [1.82, 2.24) is 0 Å². The Morgan fingerprint density at radius 2 is 1.33 bits per heavy atom. The molecule has 0 radical (unpaired) electrons. The summed E-state index contributed by atoms with van der Waals surface area (Å²) in [4.78, 5) is 0. The topological polar surface area (TPSA) is 0 Å². The van der Waals surface area contributed by atoms with Gasteiger partial charge in [0.1, 0.15) is 0 Å². The van der Waals surface area contributed by atoms with Gasteiger partial charge in [-0.1, -0.05) is 13.1 Å². The monoisotopic (exact) mass is 236 g/mol. The maximum absolute atomic E-state index is 3.17. The molecule has 2 rings (SSSR count). The standard InChI is InChI=1S/C10H10S2Si.2Li/c1-13(2,9-5-3-7-11-9)10-6-4-8-12-10;;/h3-6H,1-2H3;;/q-2;2*+1. The molecule has 5 heteroatoms. The maximum atomic E-state index is 3.17. The van der Waals surface area contributed by atoms with Gasteiger partial charge in [0, 0.05) is 0 Å². The molecule has 0 saturated carbocycles. The smallest absolute Gasteiger partial charge is 0.303 e. The Hall–Kier alpha value is 0.812. The summed E-state index contributed by atoms with van der Waals surface area (Å²) in [6, 6.07) is 8.45. The van der Waals surface area contributed by atoms with E-state index in [2.05, 4.69) is 36.0 Å². The van der Waals surface area contributed by atoms with E-state index in [9.17, 15) is 0 Å². The molecule has 0 spiro atoms. The van der Waals surface area contributed by atoms with Crippen LogP contribution in [0.2, 0.25) is 13.1 Å². The molecule has 0 aliphatic heterocycles. The van der Waals surface area contributed by atoms with Gasteiger partial charge in [-0.15, -0.1) is 10.8 Å². The summed E-state index contributed by atoms with van der Waals surface area (Å²) in [6.45, 7) is 4.76. The Bertz CT molecular complexity index is 332. The Morgan fingerprint density at radius 3 is 1.60 bits per heavy atom. The van der Waals surface area contributed by atoms with Gasteiger partial charge in [0.2, 0.25) is 0 Å². The van der Waals surface area contributed by atoms with E-state index in [0.717, 1.165) is 0 Å². The molecule has 0 saturated heterocycles. The van der Waals surface area contributed by atoms with Crippen molar-refractivity contribution in [3.63, 3.8) is 0 Å². The van der Waals surface area contributed by atoms with Gasteiger partial charge in [-0.05, 0) is 8.07 Å². The van der Waals surface area contributed by atoms with E-state index in [1.165, 1.54) is 9.00 Å². The first-order valence-electron chi connectivity index (χ1n) is 4.14. The fourth-order valence-electron chi connectivity index (χ4n) is 1.28. The summed E-state index contributed by atoms with van der Waals surface area (Å²) in [7, 11) is -1.38. The largest absolute Gasteiger partial charge is 1.00 e. The third-order valence-electron chi connectivity index (χ3n) is 2.18. The van der Waals surface area contributed by atoms with Crippen LogP contribution >= 0.6 is 22.7 Å². The van der Waals surface area contributed by atoms with Crippen molar-refractivity contribution in [3.05, 3.63) is 35.0 Å². The fraction of sp³-hybridized carbons (Fsp3) is 0.200. The molecule has 0 N–H and O–H groups in total. The molecule has 0 aromatic carbocycles. The predicted molar refractivity (Wildman–Crippen MR) is 63.1 cm³/mol. The van der Waals surface area contributed by atoms with Crippen LogP contribution in [-0.2, 0) is 0 Å². The maximum Gasteiger partial charge on any atom is 1.00 e. The first kappa shape index (κ1) is 15.8. The second-order valence-electron chi connectivity index (χ2n) is 3.46. The first-order valence-corrected chi connectivity index (χ1v) is 8.77. The van der Waals surface area contributed by atoms with E-state index < -0.39 is 8.07 Å². The van der Waals surface area contributed by atoms with Crippen molar-refractivity contribution < 1.29 is 37.7 Å². The Balaban J connectivity index is 0.000000980. The zero-order valence-corrected chi connectivity index (χ0v) is 12.3. The predicted octanol–water partition coefficient (Wildman–Crippen LogP) is -3.76. The van der Waals surface area contributed by atoms with Gasteiger partial charge in [0.05, 0.1) is 0 Å². The molecule has 0 amide bonds. The second-order valence-corrected chi connectivity index (χ2v) is 10.3. The Kier molecular flexibility index (Phi) is 6.88. The summed E-state index contributed by atoms with van der Waals surface area (Å²) < 4.78 is 3.01. The van der Waals surface area contributed by atoms with Crippen molar-refractivity contribution in [2.75, 3.05) is 0 Å². The molecular formula is C10H10Li2S2Si. The zero-order valence-electron chi connectivity index (χ0n) is 9.63. The van der Waals surface area contributed by atoms with Gasteiger partial charge < -0.3 is 22.7 Å². The first-order chi connectivity index (χ1) is 6.21.